The average Bonchev–Trinajstić information content (AvgIpc) is 2.66. The molecule has 1 aromatic rings. The van der Waals surface area contributed by atoms with Crippen molar-refractivity contribution in [3.63, 3.8) is 0 Å². The topological polar surface area (TPSA) is 58.4 Å². The summed E-state index contributed by atoms with van der Waals surface area (Å²) in [6.07, 6.45) is 1.10. The van der Waals surface area contributed by atoms with Crippen LogP contribution in [0, 0.1) is 12.8 Å². The molecule has 0 radical (unpaired) electrons. The van der Waals surface area contributed by atoms with Crippen molar-refractivity contribution in [2.75, 3.05) is 19.6 Å². The summed E-state index contributed by atoms with van der Waals surface area (Å²) in [5.41, 5.74) is 0.426. The number of hydrogen-bond acceptors (Lipinski definition) is 4. The molecule has 2 aliphatic rings. The van der Waals surface area contributed by atoms with Crippen LogP contribution in [-0.4, -0.2) is 41.6 Å². The van der Waals surface area contributed by atoms with Crippen molar-refractivity contribution in [1.29, 1.82) is 0 Å². The highest BCUT2D eigenvalue weighted by Gasteiger charge is 2.37. The summed E-state index contributed by atoms with van der Waals surface area (Å²) in [5, 5.41) is 7.12. The fourth-order valence-electron chi connectivity index (χ4n) is 2.43. The van der Waals surface area contributed by atoms with E-state index in [0.717, 1.165) is 32.0 Å². The minimum atomic E-state index is -0.0102. The first-order chi connectivity index (χ1) is 7.74. The summed E-state index contributed by atoms with van der Waals surface area (Å²) in [4.78, 5) is 13.9. The first-order valence-electron chi connectivity index (χ1n) is 5.70. The number of amides is 1. The van der Waals surface area contributed by atoms with Gasteiger partial charge in [-0.3, -0.25) is 4.79 Å². The minimum absolute atomic E-state index is 0.0102. The summed E-state index contributed by atoms with van der Waals surface area (Å²) in [6.45, 7) is 4.54. The van der Waals surface area contributed by atoms with Gasteiger partial charge in [-0.1, -0.05) is 5.16 Å². The molecule has 5 heteroatoms. The molecule has 5 nitrogen and oxygen atoms in total. The van der Waals surface area contributed by atoms with E-state index in [2.05, 4.69) is 10.5 Å². The number of piperidine rings is 1. The number of nitrogens with one attached hydrogen (secondary N) is 1. The van der Waals surface area contributed by atoms with Crippen LogP contribution in [0.2, 0.25) is 0 Å². The van der Waals surface area contributed by atoms with Gasteiger partial charge in [-0.15, -0.1) is 0 Å². The van der Waals surface area contributed by atoms with E-state index >= 15 is 0 Å². The van der Waals surface area contributed by atoms with Gasteiger partial charge in [0.25, 0.3) is 5.91 Å². The summed E-state index contributed by atoms with van der Waals surface area (Å²) >= 11 is 0. The Morgan fingerprint density at radius 2 is 2.56 bits per heavy atom. The van der Waals surface area contributed by atoms with E-state index < -0.39 is 0 Å². The molecule has 16 heavy (non-hydrogen) atoms. The van der Waals surface area contributed by atoms with Crippen molar-refractivity contribution >= 4 is 5.91 Å². The Balaban J connectivity index is 1.71. The van der Waals surface area contributed by atoms with E-state index in [9.17, 15) is 4.79 Å². The third-order valence-corrected chi connectivity index (χ3v) is 3.53. The Morgan fingerprint density at radius 1 is 1.69 bits per heavy atom. The van der Waals surface area contributed by atoms with Crippen LogP contribution < -0.4 is 5.32 Å². The number of carbonyl (C=O) groups excluding carboxylic acids is 1. The number of hydrogen-bond donors (Lipinski definition) is 1. The first kappa shape index (κ1) is 9.84. The van der Waals surface area contributed by atoms with Crippen molar-refractivity contribution in [3.05, 3.63) is 17.5 Å². The predicted molar refractivity (Wildman–Crippen MR) is 57.0 cm³/mol. The van der Waals surface area contributed by atoms with Crippen molar-refractivity contribution < 1.29 is 9.32 Å². The molecular formula is C11H15N3O2. The third kappa shape index (κ3) is 1.51. The van der Waals surface area contributed by atoms with Gasteiger partial charge in [0.05, 0.1) is 0 Å². The maximum atomic E-state index is 12.1. The molecule has 2 unspecified atom stereocenters. The maximum absolute atomic E-state index is 12.1. The molecule has 1 aromatic heterocycles. The zero-order valence-corrected chi connectivity index (χ0v) is 9.27. The van der Waals surface area contributed by atoms with Crippen LogP contribution in [0.4, 0.5) is 0 Å². The zero-order chi connectivity index (χ0) is 11.1. The minimum Gasteiger partial charge on any atom is -0.361 e. The number of aryl methyl sites for hydroxylation is 1. The van der Waals surface area contributed by atoms with Crippen LogP contribution in [0.25, 0.3) is 0 Å². The molecule has 2 fully saturated rings. The van der Waals surface area contributed by atoms with Gasteiger partial charge in [0.2, 0.25) is 0 Å². The SMILES string of the molecule is Cc1cc(C(=O)N2CCC3CNC3C2)no1. The molecule has 0 bridgehead atoms. The number of fused-ring (bicyclic) bond motifs is 1. The summed E-state index contributed by atoms with van der Waals surface area (Å²) in [6, 6.07) is 2.19. The predicted octanol–water partition coefficient (Wildman–Crippen LogP) is 0.417. The maximum Gasteiger partial charge on any atom is 0.276 e. The molecule has 86 valence electrons. The van der Waals surface area contributed by atoms with Crippen LogP contribution in [0.15, 0.2) is 10.6 Å². The van der Waals surface area contributed by atoms with Crippen LogP contribution in [0.3, 0.4) is 0 Å². The summed E-state index contributed by atoms with van der Waals surface area (Å²) < 4.78 is 4.93. The van der Waals surface area contributed by atoms with Crippen LogP contribution >= 0.6 is 0 Å². The molecular weight excluding hydrogens is 206 g/mol. The van der Waals surface area contributed by atoms with Crippen LogP contribution in [0.5, 0.6) is 0 Å². The highest BCUT2D eigenvalue weighted by atomic mass is 16.5. The lowest BCUT2D eigenvalue weighted by atomic mass is 9.85. The Kier molecular flexibility index (Phi) is 2.21. The van der Waals surface area contributed by atoms with E-state index in [0.29, 0.717) is 17.5 Å². The molecule has 0 aliphatic carbocycles. The smallest absolute Gasteiger partial charge is 0.276 e. The second kappa shape index (κ2) is 3.59. The van der Waals surface area contributed by atoms with E-state index in [4.69, 9.17) is 4.52 Å². The Morgan fingerprint density at radius 3 is 3.12 bits per heavy atom. The van der Waals surface area contributed by atoms with Crippen LogP contribution in [-0.2, 0) is 0 Å². The number of likely N-dealkylation sites (tertiary alicyclic amines) is 1. The molecule has 1 N–H and O–H groups in total. The lowest BCUT2D eigenvalue weighted by Gasteiger charge is -2.46. The average molecular weight is 221 g/mol. The van der Waals surface area contributed by atoms with Gasteiger partial charge >= 0.3 is 0 Å². The van der Waals surface area contributed by atoms with Gasteiger partial charge in [-0.2, -0.15) is 0 Å². The van der Waals surface area contributed by atoms with Gasteiger partial charge < -0.3 is 14.7 Å². The van der Waals surface area contributed by atoms with Crippen molar-refractivity contribution in [1.82, 2.24) is 15.4 Å². The first-order valence-corrected chi connectivity index (χ1v) is 5.70. The molecule has 3 rings (SSSR count). The Labute approximate surface area is 93.8 Å². The van der Waals surface area contributed by atoms with Crippen molar-refractivity contribution in [2.45, 2.75) is 19.4 Å². The number of nitrogens with zero attached hydrogens (tertiary/aromatic N) is 2. The molecule has 1 amide bonds. The summed E-state index contributed by atoms with van der Waals surface area (Å²) in [5.74, 6) is 1.44. The molecule has 0 spiro atoms. The van der Waals surface area contributed by atoms with Gasteiger partial charge in [0.1, 0.15) is 5.76 Å². The summed E-state index contributed by atoms with van der Waals surface area (Å²) in [7, 11) is 0. The van der Waals surface area contributed by atoms with Gasteiger partial charge in [-0.25, -0.2) is 0 Å². The normalized spacial score (nSPS) is 28.4. The van der Waals surface area contributed by atoms with Gasteiger partial charge in [-0.05, 0) is 25.8 Å². The lowest BCUT2D eigenvalue weighted by Crippen LogP contribution is -2.62. The van der Waals surface area contributed by atoms with E-state index in [-0.39, 0.29) is 5.91 Å². The second-order valence-electron chi connectivity index (χ2n) is 4.64. The fourth-order valence-corrected chi connectivity index (χ4v) is 2.43. The quantitative estimate of drug-likeness (QED) is 0.746. The van der Waals surface area contributed by atoms with E-state index in [1.54, 1.807) is 13.0 Å². The van der Waals surface area contributed by atoms with Crippen molar-refractivity contribution in [3.8, 4) is 0 Å². The largest absolute Gasteiger partial charge is 0.361 e. The monoisotopic (exact) mass is 221 g/mol. The molecule has 0 aromatic carbocycles. The fraction of sp³-hybridized carbons (Fsp3) is 0.636. The lowest BCUT2D eigenvalue weighted by molar-refractivity contribution is 0.0509. The number of carbonyl (C=O) groups is 1. The van der Waals surface area contributed by atoms with Crippen molar-refractivity contribution in [2.24, 2.45) is 5.92 Å². The van der Waals surface area contributed by atoms with Gasteiger partial charge in [0.15, 0.2) is 5.69 Å². The van der Waals surface area contributed by atoms with E-state index in [1.165, 1.54) is 0 Å². The zero-order valence-electron chi connectivity index (χ0n) is 9.27. The molecule has 2 atom stereocenters. The number of aromatic nitrogens is 1. The highest BCUT2D eigenvalue weighted by Crippen LogP contribution is 2.24. The highest BCUT2D eigenvalue weighted by molar-refractivity contribution is 5.92. The molecule has 2 aliphatic heterocycles. The Hall–Kier alpha value is -1.36. The van der Waals surface area contributed by atoms with Gasteiger partial charge in [0, 0.05) is 25.2 Å². The Bertz CT molecular complexity index is 415. The van der Waals surface area contributed by atoms with Crippen LogP contribution in [0.1, 0.15) is 22.7 Å². The molecule has 0 saturated carbocycles. The van der Waals surface area contributed by atoms with E-state index in [1.807, 2.05) is 4.90 Å². The second-order valence-corrected chi connectivity index (χ2v) is 4.64. The standard InChI is InChI=1S/C11H15N3O2/c1-7-4-9(13-16-7)11(15)14-3-2-8-5-12-10(8)6-14/h4,8,10,12H,2-3,5-6H2,1H3. The molecule has 2 saturated heterocycles. The third-order valence-electron chi connectivity index (χ3n) is 3.53. The molecule has 3 heterocycles. The number of rotatable bonds is 1.